The minimum atomic E-state index is 0.592. The third-order valence-electron chi connectivity index (χ3n) is 12.5. The van der Waals surface area contributed by atoms with Gasteiger partial charge in [0.1, 0.15) is 0 Å². The van der Waals surface area contributed by atoms with E-state index in [4.69, 9.17) is 15.0 Å². The van der Waals surface area contributed by atoms with Gasteiger partial charge >= 0.3 is 0 Å². The van der Waals surface area contributed by atoms with Gasteiger partial charge in [-0.2, -0.15) is 0 Å². The molecule has 0 radical (unpaired) electrons. The molecule has 6 nitrogen and oxygen atoms in total. The molecule has 0 amide bonds. The average molecular weight is 805 g/mol. The minimum absolute atomic E-state index is 0.592. The molecule has 13 aromatic rings. The quantitative estimate of drug-likeness (QED) is 0.168. The first-order valence-electron chi connectivity index (χ1n) is 21.3. The van der Waals surface area contributed by atoms with E-state index in [1.807, 2.05) is 36.4 Å². The third-order valence-corrected chi connectivity index (χ3v) is 12.5. The van der Waals surface area contributed by atoms with Gasteiger partial charge in [0.15, 0.2) is 17.5 Å². The summed E-state index contributed by atoms with van der Waals surface area (Å²) in [5.41, 5.74) is 12.7. The van der Waals surface area contributed by atoms with Crippen LogP contribution in [0.1, 0.15) is 0 Å². The zero-order valence-electron chi connectivity index (χ0n) is 34.0. The second-order valence-electron chi connectivity index (χ2n) is 16.0. The molecular weight excluding hydrogens is 769 g/mol. The van der Waals surface area contributed by atoms with Crippen molar-refractivity contribution in [1.29, 1.82) is 0 Å². The Morgan fingerprint density at radius 3 is 1.35 bits per heavy atom. The van der Waals surface area contributed by atoms with Gasteiger partial charge in [0.05, 0.1) is 38.8 Å². The van der Waals surface area contributed by atoms with Gasteiger partial charge in [-0.15, -0.1) is 0 Å². The third kappa shape index (κ3) is 5.41. The van der Waals surface area contributed by atoms with E-state index >= 15 is 0 Å². The minimum Gasteiger partial charge on any atom is -0.309 e. The van der Waals surface area contributed by atoms with E-state index < -0.39 is 0 Å². The zero-order chi connectivity index (χ0) is 41.4. The molecule has 0 N–H and O–H groups in total. The van der Waals surface area contributed by atoms with Crippen LogP contribution in [0.15, 0.2) is 218 Å². The topological polar surface area (TPSA) is 53.5 Å². The summed E-state index contributed by atoms with van der Waals surface area (Å²) in [5.74, 6) is 1.82. The molecule has 0 unspecified atom stereocenters. The van der Waals surface area contributed by atoms with Crippen LogP contribution in [0.2, 0.25) is 0 Å². The summed E-state index contributed by atoms with van der Waals surface area (Å²) in [4.78, 5) is 15.9. The van der Waals surface area contributed by atoms with Crippen LogP contribution >= 0.6 is 0 Å². The summed E-state index contributed by atoms with van der Waals surface area (Å²) in [5, 5.41) is 7.09. The van der Waals surface area contributed by atoms with Crippen molar-refractivity contribution in [1.82, 2.24) is 28.7 Å². The molecule has 63 heavy (non-hydrogen) atoms. The maximum Gasteiger partial charge on any atom is 0.166 e. The predicted octanol–water partition coefficient (Wildman–Crippen LogP) is 14.2. The monoisotopic (exact) mass is 804 g/mol. The van der Waals surface area contributed by atoms with Crippen molar-refractivity contribution in [3.8, 4) is 51.2 Å². The summed E-state index contributed by atoms with van der Waals surface area (Å²) in [6.07, 6.45) is 0. The van der Waals surface area contributed by atoms with Crippen molar-refractivity contribution in [2.75, 3.05) is 0 Å². The van der Waals surface area contributed by atoms with E-state index in [0.29, 0.717) is 17.5 Å². The normalized spacial score (nSPS) is 11.8. The molecule has 6 heteroatoms. The molecule has 13 rings (SSSR count). The van der Waals surface area contributed by atoms with E-state index in [1.54, 1.807) is 0 Å². The van der Waals surface area contributed by atoms with Gasteiger partial charge in [-0.3, -0.25) is 0 Å². The summed E-state index contributed by atoms with van der Waals surface area (Å²) in [7, 11) is 0. The van der Waals surface area contributed by atoms with Crippen LogP contribution in [0.5, 0.6) is 0 Å². The number of benzene rings is 9. The van der Waals surface area contributed by atoms with Crippen LogP contribution in [-0.4, -0.2) is 28.7 Å². The highest BCUT2D eigenvalue weighted by atomic mass is 15.1. The molecule has 0 aliphatic carbocycles. The lowest BCUT2D eigenvalue weighted by molar-refractivity contribution is 1.06. The maximum absolute atomic E-state index is 5.38. The Bertz CT molecular complexity index is 3830. The van der Waals surface area contributed by atoms with Gasteiger partial charge in [0.25, 0.3) is 0 Å². The second-order valence-corrected chi connectivity index (χ2v) is 16.0. The highest BCUT2D eigenvalue weighted by Crippen LogP contribution is 2.45. The van der Waals surface area contributed by atoms with Crippen LogP contribution in [0.4, 0.5) is 0 Å². The summed E-state index contributed by atoms with van der Waals surface area (Å²) < 4.78 is 7.24. The van der Waals surface area contributed by atoms with Crippen molar-refractivity contribution < 1.29 is 0 Å². The lowest BCUT2D eigenvalue weighted by Gasteiger charge is -2.16. The molecule has 0 fully saturated rings. The van der Waals surface area contributed by atoms with Gasteiger partial charge in [-0.05, 0) is 60.7 Å². The molecule has 0 aliphatic heterocycles. The Labute approximate surface area is 362 Å². The second kappa shape index (κ2) is 14.0. The van der Waals surface area contributed by atoms with Crippen LogP contribution in [0.25, 0.3) is 117 Å². The summed E-state index contributed by atoms with van der Waals surface area (Å²) in [6.45, 7) is 0. The number of hydrogen-bond acceptors (Lipinski definition) is 3. The average Bonchev–Trinajstić information content (AvgIpc) is 4.00. The highest BCUT2D eigenvalue weighted by molar-refractivity contribution is 6.26. The van der Waals surface area contributed by atoms with Gasteiger partial charge < -0.3 is 13.7 Å². The van der Waals surface area contributed by atoms with Crippen molar-refractivity contribution in [3.63, 3.8) is 0 Å². The number of fused-ring (bicyclic) bond motifs is 10. The molecule has 0 aliphatic rings. The van der Waals surface area contributed by atoms with Gasteiger partial charge in [-0.25, -0.2) is 15.0 Å². The smallest absolute Gasteiger partial charge is 0.166 e. The number of hydrogen-bond donors (Lipinski definition) is 0. The van der Waals surface area contributed by atoms with Crippen molar-refractivity contribution >= 4 is 65.4 Å². The zero-order valence-corrected chi connectivity index (χ0v) is 34.0. The number of nitrogens with zero attached hydrogens (tertiary/aromatic N) is 6. The fourth-order valence-electron chi connectivity index (χ4n) is 9.77. The van der Waals surface area contributed by atoms with Gasteiger partial charge in [0.2, 0.25) is 0 Å². The molecule has 0 saturated carbocycles. The van der Waals surface area contributed by atoms with E-state index in [2.05, 4.69) is 196 Å². The van der Waals surface area contributed by atoms with Crippen LogP contribution in [-0.2, 0) is 0 Å². The Kier molecular flexibility index (Phi) is 7.80. The van der Waals surface area contributed by atoms with Gasteiger partial charge in [0, 0.05) is 60.4 Å². The molecule has 0 bridgehead atoms. The van der Waals surface area contributed by atoms with Crippen molar-refractivity contribution in [2.24, 2.45) is 0 Å². The number of rotatable bonds is 6. The molecule has 0 spiro atoms. The SMILES string of the molecule is c1ccc(-c2nc(-c3ccccc3)nc(-c3cc4c(cc3-n3c5ccccc5c5c3ccc3c6ccccc6n(-c6ccccc6)c35)c3ccccc3n4-c3ccccc3)n2)cc1. The van der Waals surface area contributed by atoms with Crippen molar-refractivity contribution in [2.45, 2.75) is 0 Å². The Morgan fingerprint density at radius 2 is 0.746 bits per heavy atom. The molecule has 4 aromatic heterocycles. The standard InChI is InChI=1S/C57H36N6/c1-5-19-37(20-6-1)55-58-56(38-21-7-2-8-22-38)60-57(59-55)46-36-51-45(42-28-14-16-30-47(42)61(51)39-23-9-3-10-24-39)35-52(46)63-49-32-18-15-29-44(49)53-50(63)34-33-43-41-27-13-17-31-48(41)62(54(43)53)40-25-11-4-12-26-40/h1-36H. The van der Waals surface area contributed by atoms with Crippen LogP contribution in [0.3, 0.4) is 0 Å². The first-order valence-corrected chi connectivity index (χ1v) is 21.3. The Hall–Kier alpha value is -8.61. The fourth-order valence-corrected chi connectivity index (χ4v) is 9.77. The number of para-hydroxylation sites is 5. The van der Waals surface area contributed by atoms with E-state index in [0.717, 1.165) is 61.2 Å². The number of aromatic nitrogens is 6. The predicted molar refractivity (Wildman–Crippen MR) is 259 cm³/mol. The maximum atomic E-state index is 5.38. The lowest BCUT2D eigenvalue weighted by Crippen LogP contribution is -2.04. The van der Waals surface area contributed by atoms with E-state index in [1.165, 1.54) is 38.0 Å². The Morgan fingerprint density at radius 1 is 0.286 bits per heavy atom. The van der Waals surface area contributed by atoms with E-state index in [-0.39, 0.29) is 0 Å². The molecule has 9 aromatic carbocycles. The highest BCUT2D eigenvalue weighted by Gasteiger charge is 2.25. The summed E-state index contributed by atoms with van der Waals surface area (Å²) >= 11 is 0. The molecule has 4 heterocycles. The summed E-state index contributed by atoms with van der Waals surface area (Å²) in [6, 6.07) is 77.3. The molecule has 294 valence electrons. The fraction of sp³-hybridized carbons (Fsp3) is 0. The first-order chi connectivity index (χ1) is 31.3. The van der Waals surface area contributed by atoms with Gasteiger partial charge in [-0.1, -0.05) is 158 Å². The van der Waals surface area contributed by atoms with Crippen LogP contribution in [0, 0.1) is 0 Å². The van der Waals surface area contributed by atoms with Crippen molar-refractivity contribution in [3.05, 3.63) is 218 Å². The lowest BCUT2D eigenvalue weighted by atomic mass is 10.1. The molecule has 0 atom stereocenters. The van der Waals surface area contributed by atoms with Crippen LogP contribution < -0.4 is 0 Å². The molecular formula is C57H36N6. The first kappa shape index (κ1) is 35.2. The largest absolute Gasteiger partial charge is 0.309 e. The molecule has 0 saturated heterocycles. The van der Waals surface area contributed by atoms with E-state index in [9.17, 15) is 0 Å². The Balaban J connectivity index is 1.21.